The monoisotopic (exact) mass is 364 g/mol. The normalized spacial score (nSPS) is 17.4. The first-order valence-electron chi connectivity index (χ1n) is 8.13. The predicted octanol–water partition coefficient (Wildman–Crippen LogP) is 3.24. The summed E-state index contributed by atoms with van der Waals surface area (Å²) in [6.45, 7) is 1.04. The van der Waals surface area contributed by atoms with Crippen molar-refractivity contribution < 1.29 is 18.9 Å². The molecule has 1 aliphatic rings. The third-order valence-corrected chi connectivity index (χ3v) is 5.49. The number of ether oxygens (including phenoxy) is 4. The molecule has 1 aromatic carbocycles. The van der Waals surface area contributed by atoms with Crippen LogP contribution in [0.5, 0.6) is 5.75 Å². The molecule has 1 aliphatic heterocycles. The van der Waals surface area contributed by atoms with E-state index < -0.39 is 0 Å². The Kier molecular flexibility index (Phi) is 5.90. The van der Waals surface area contributed by atoms with E-state index in [-0.39, 0.29) is 11.5 Å². The molecule has 0 saturated heterocycles. The number of H-pyrrole nitrogens is 1. The lowest BCUT2D eigenvalue weighted by Crippen LogP contribution is -2.25. The second-order valence-corrected chi connectivity index (χ2v) is 7.08. The molecule has 25 heavy (non-hydrogen) atoms. The number of hydrogen-bond donors (Lipinski definition) is 2. The molecule has 6 nitrogen and oxygen atoms in total. The number of aromatic amines is 1. The minimum Gasteiger partial charge on any atom is -0.491 e. The van der Waals surface area contributed by atoms with Crippen molar-refractivity contribution in [2.24, 2.45) is 0 Å². The maximum absolute atomic E-state index is 6.18. The van der Waals surface area contributed by atoms with Crippen LogP contribution in [0.2, 0.25) is 0 Å². The number of benzene rings is 1. The van der Waals surface area contributed by atoms with Gasteiger partial charge in [-0.25, -0.2) is 0 Å². The molecular formula is C18H24N2O4S. The van der Waals surface area contributed by atoms with Crippen molar-refractivity contribution in [2.75, 3.05) is 40.3 Å². The van der Waals surface area contributed by atoms with E-state index in [4.69, 9.17) is 24.7 Å². The van der Waals surface area contributed by atoms with Crippen LogP contribution in [0, 0.1) is 0 Å². The molecular weight excluding hydrogens is 340 g/mol. The summed E-state index contributed by atoms with van der Waals surface area (Å²) in [6.07, 6.45) is 2.90. The van der Waals surface area contributed by atoms with E-state index in [1.165, 1.54) is 4.91 Å². The number of nitrogen functional groups attached to an aromatic ring is 1. The molecule has 0 saturated carbocycles. The van der Waals surface area contributed by atoms with Crippen molar-refractivity contribution in [2.45, 2.75) is 18.0 Å². The first-order chi connectivity index (χ1) is 12.2. The van der Waals surface area contributed by atoms with Crippen LogP contribution >= 0.6 is 11.8 Å². The largest absolute Gasteiger partial charge is 0.491 e. The Hall–Kier alpha value is -1.67. The summed E-state index contributed by atoms with van der Waals surface area (Å²) in [6, 6.07) is 5.93. The standard InChI is InChI=1S/C18H24N2O4S/c1-21-6-7-24-12-8-11-9-14(20-17(11)13(19)10-12)15-4-5-16(25-15)18(22-2)23-3/h4,8-10,16,18,20H,5-7,19H2,1-3H3. The van der Waals surface area contributed by atoms with Crippen molar-refractivity contribution in [1.29, 1.82) is 0 Å². The fourth-order valence-electron chi connectivity index (χ4n) is 2.92. The summed E-state index contributed by atoms with van der Waals surface area (Å²) in [5.41, 5.74) is 8.83. The van der Waals surface area contributed by atoms with Crippen LogP contribution in [-0.2, 0) is 14.2 Å². The number of hydrogen-bond acceptors (Lipinski definition) is 6. The van der Waals surface area contributed by atoms with Crippen molar-refractivity contribution in [3.05, 3.63) is 30.0 Å². The number of nitrogens with two attached hydrogens (primary N) is 1. The Labute approximate surface area is 151 Å². The van der Waals surface area contributed by atoms with E-state index in [0.29, 0.717) is 18.9 Å². The number of fused-ring (bicyclic) bond motifs is 1. The van der Waals surface area contributed by atoms with Gasteiger partial charge in [0, 0.05) is 37.7 Å². The smallest absolute Gasteiger partial charge is 0.169 e. The van der Waals surface area contributed by atoms with Crippen LogP contribution in [0.1, 0.15) is 12.1 Å². The number of rotatable bonds is 8. The minimum atomic E-state index is -0.214. The molecule has 0 radical (unpaired) electrons. The van der Waals surface area contributed by atoms with E-state index in [1.54, 1.807) is 33.1 Å². The van der Waals surface area contributed by atoms with Crippen LogP contribution < -0.4 is 10.5 Å². The Morgan fingerprint density at radius 2 is 2.00 bits per heavy atom. The maximum Gasteiger partial charge on any atom is 0.169 e. The number of aromatic nitrogens is 1. The highest BCUT2D eigenvalue weighted by molar-refractivity contribution is 8.09. The number of thioether (sulfide) groups is 1. The number of anilines is 1. The van der Waals surface area contributed by atoms with Gasteiger partial charge in [-0.15, -0.1) is 11.8 Å². The average Bonchev–Trinajstić information content (AvgIpc) is 3.23. The zero-order chi connectivity index (χ0) is 17.8. The lowest BCUT2D eigenvalue weighted by atomic mass is 10.2. The molecule has 1 aromatic heterocycles. The Morgan fingerprint density at radius 1 is 1.20 bits per heavy atom. The van der Waals surface area contributed by atoms with Crippen LogP contribution in [0.4, 0.5) is 5.69 Å². The molecule has 2 heterocycles. The highest BCUT2D eigenvalue weighted by atomic mass is 32.2. The molecule has 1 atom stereocenters. The van der Waals surface area contributed by atoms with Crippen LogP contribution in [0.3, 0.4) is 0 Å². The summed E-state index contributed by atoms with van der Waals surface area (Å²) in [5.74, 6) is 0.748. The first kappa shape index (κ1) is 18.1. The molecule has 3 N–H and O–H groups in total. The molecule has 0 amide bonds. The number of allylic oxidation sites excluding steroid dienone is 1. The van der Waals surface area contributed by atoms with Crippen molar-refractivity contribution >= 4 is 33.3 Å². The second kappa shape index (κ2) is 8.14. The summed E-state index contributed by atoms with van der Waals surface area (Å²) < 4.78 is 21.4. The highest BCUT2D eigenvalue weighted by Crippen LogP contribution is 2.42. The molecule has 0 fully saturated rings. The SMILES string of the molecule is COCCOc1cc(N)c2[nH]c(C3=CCC(C(OC)OC)S3)cc2c1. The van der Waals surface area contributed by atoms with Gasteiger partial charge in [0.05, 0.1) is 28.8 Å². The summed E-state index contributed by atoms with van der Waals surface area (Å²) in [5, 5.41) is 1.28. The van der Waals surface area contributed by atoms with Gasteiger partial charge in [0.15, 0.2) is 6.29 Å². The molecule has 0 bridgehead atoms. The Morgan fingerprint density at radius 3 is 2.72 bits per heavy atom. The van der Waals surface area contributed by atoms with E-state index in [2.05, 4.69) is 17.1 Å². The third-order valence-electron chi connectivity index (χ3n) is 4.14. The quantitative estimate of drug-likeness (QED) is 0.425. The van der Waals surface area contributed by atoms with Crippen LogP contribution in [-0.4, -0.2) is 51.1 Å². The van der Waals surface area contributed by atoms with Gasteiger partial charge in [-0.2, -0.15) is 0 Å². The van der Waals surface area contributed by atoms with Gasteiger partial charge in [-0.3, -0.25) is 0 Å². The molecule has 2 aromatic rings. The molecule has 0 aliphatic carbocycles. The van der Waals surface area contributed by atoms with Crippen molar-refractivity contribution in [3.63, 3.8) is 0 Å². The third kappa shape index (κ3) is 3.95. The van der Waals surface area contributed by atoms with Crippen molar-refractivity contribution in [1.82, 2.24) is 4.98 Å². The van der Waals surface area contributed by atoms with E-state index in [0.717, 1.165) is 28.8 Å². The van der Waals surface area contributed by atoms with Gasteiger partial charge < -0.3 is 29.7 Å². The molecule has 7 heteroatoms. The molecule has 0 spiro atoms. The zero-order valence-electron chi connectivity index (χ0n) is 14.7. The van der Waals surface area contributed by atoms with Gasteiger partial charge in [0.25, 0.3) is 0 Å². The lowest BCUT2D eigenvalue weighted by Gasteiger charge is -2.19. The van der Waals surface area contributed by atoms with Gasteiger partial charge in [-0.05, 0) is 18.6 Å². The lowest BCUT2D eigenvalue weighted by molar-refractivity contribution is -0.100. The summed E-state index contributed by atoms with van der Waals surface area (Å²) in [7, 11) is 4.99. The summed E-state index contributed by atoms with van der Waals surface area (Å²) >= 11 is 1.75. The topological polar surface area (TPSA) is 78.7 Å². The first-order valence-corrected chi connectivity index (χ1v) is 9.01. The molecule has 136 valence electrons. The Balaban J connectivity index is 1.78. The van der Waals surface area contributed by atoms with E-state index in [9.17, 15) is 0 Å². The Bertz CT molecular complexity index is 755. The molecule has 3 rings (SSSR count). The van der Waals surface area contributed by atoms with Crippen LogP contribution in [0.25, 0.3) is 15.8 Å². The zero-order valence-corrected chi connectivity index (χ0v) is 15.5. The number of methoxy groups -OCH3 is 3. The van der Waals surface area contributed by atoms with Crippen molar-refractivity contribution in [3.8, 4) is 5.75 Å². The predicted molar refractivity (Wildman–Crippen MR) is 102 cm³/mol. The highest BCUT2D eigenvalue weighted by Gasteiger charge is 2.28. The van der Waals surface area contributed by atoms with Gasteiger partial charge in [-0.1, -0.05) is 6.08 Å². The second-order valence-electron chi connectivity index (χ2n) is 5.80. The van der Waals surface area contributed by atoms with E-state index >= 15 is 0 Å². The molecule has 1 unspecified atom stereocenters. The minimum absolute atomic E-state index is 0.214. The van der Waals surface area contributed by atoms with Gasteiger partial charge in [0.1, 0.15) is 12.4 Å². The fourth-order valence-corrected chi connectivity index (χ4v) is 4.21. The summed E-state index contributed by atoms with van der Waals surface area (Å²) in [4.78, 5) is 4.60. The maximum atomic E-state index is 6.18. The number of nitrogens with one attached hydrogen (secondary N) is 1. The average molecular weight is 364 g/mol. The van der Waals surface area contributed by atoms with E-state index in [1.807, 2.05) is 12.1 Å². The van der Waals surface area contributed by atoms with Gasteiger partial charge in [0.2, 0.25) is 0 Å². The van der Waals surface area contributed by atoms with Crippen LogP contribution in [0.15, 0.2) is 24.3 Å². The fraction of sp³-hybridized carbons (Fsp3) is 0.444. The van der Waals surface area contributed by atoms with Gasteiger partial charge >= 0.3 is 0 Å².